The molecule has 10 heteroatoms. The molecule has 0 aliphatic carbocycles. The predicted octanol–water partition coefficient (Wildman–Crippen LogP) is 3.92. The predicted molar refractivity (Wildman–Crippen MR) is 82.6 cm³/mol. The molecule has 0 aliphatic heterocycles. The van der Waals surface area contributed by atoms with Gasteiger partial charge in [-0.1, -0.05) is 18.2 Å². The van der Waals surface area contributed by atoms with Gasteiger partial charge in [-0.3, -0.25) is 0 Å². The van der Waals surface area contributed by atoms with E-state index >= 15 is 0 Å². The smallest absolute Gasteiger partial charge is 0.417 e. The third kappa shape index (κ3) is 3.99. The van der Waals surface area contributed by atoms with Gasteiger partial charge in [0.15, 0.2) is 5.11 Å². The van der Waals surface area contributed by atoms with E-state index in [4.69, 9.17) is 28.6 Å². The first kappa shape index (κ1) is 17.2. The Labute approximate surface area is 139 Å². The fraction of sp³-hybridized carbons (Fsp3) is 0.154. The number of ether oxygens (including phenoxy) is 1. The van der Waals surface area contributed by atoms with E-state index in [0.29, 0.717) is 11.9 Å². The number of alkyl halides is 3. The molecule has 2 rings (SSSR count). The number of nitrogens with zero attached hydrogens (tertiary/aromatic N) is 3. The van der Waals surface area contributed by atoms with Crippen LogP contribution in [0.1, 0.15) is 11.3 Å². The molecule has 0 unspecified atom stereocenters. The van der Waals surface area contributed by atoms with Gasteiger partial charge in [0.2, 0.25) is 11.8 Å². The van der Waals surface area contributed by atoms with E-state index in [-0.39, 0.29) is 21.9 Å². The maximum Gasteiger partial charge on any atom is 0.417 e. The first-order valence-electron chi connectivity index (χ1n) is 6.11. The van der Waals surface area contributed by atoms with Crippen LogP contribution in [0.5, 0.6) is 11.8 Å². The Morgan fingerprint density at radius 1 is 1.48 bits per heavy atom. The molecule has 5 nitrogen and oxygen atoms in total. The number of aryl methyl sites for hydroxylation is 1. The fourth-order valence-corrected chi connectivity index (χ4v) is 2.08. The van der Waals surface area contributed by atoms with Crippen LogP contribution in [0.4, 0.5) is 13.2 Å². The highest BCUT2D eigenvalue weighted by Crippen LogP contribution is 2.34. The third-order valence-corrected chi connectivity index (χ3v) is 3.18. The number of nitrogens with one attached hydrogen (secondary N) is 1. The summed E-state index contributed by atoms with van der Waals surface area (Å²) in [5.74, 6) is -0.100. The number of hydrogen-bond acceptors (Lipinski definition) is 4. The molecule has 0 aromatic carbocycles. The summed E-state index contributed by atoms with van der Waals surface area (Å²) in [6.07, 6.45) is -2.51. The molecule has 2 aromatic rings. The maximum atomic E-state index is 12.6. The van der Waals surface area contributed by atoms with Crippen LogP contribution in [0.15, 0.2) is 31.1 Å². The van der Waals surface area contributed by atoms with Gasteiger partial charge in [-0.2, -0.15) is 13.2 Å². The summed E-state index contributed by atoms with van der Waals surface area (Å²) in [7, 11) is 0. The van der Waals surface area contributed by atoms with Gasteiger partial charge in [0.25, 0.3) is 0 Å². The van der Waals surface area contributed by atoms with Crippen LogP contribution in [-0.2, 0) is 6.18 Å². The monoisotopic (exact) mass is 362 g/mol. The number of halogens is 4. The minimum Gasteiger partial charge on any atom is -0.417 e. The highest BCUT2D eigenvalue weighted by Gasteiger charge is 2.31. The lowest BCUT2D eigenvalue weighted by Crippen LogP contribution is -2.25. The van der Waals surface area contributed by atoms with E-state index in [1.54, 1.807) is 6.92 Å². The van der Waals surface area contributed by atoms with Crippen molar-refractivity contribution >= 4 is 28.9 Å². The van der Waals surface area contributed by atoms with E-state index in [0.717, 1.165) is 6.07 Å². The number of hydrogen-bond donors (Lipinski definition) is 1. The van der Waals surface area contributed by atoms with Gasteiger partial charge < -0.3 is 10.1 Å². The molecular weight excluding hydrogens is 353 g/mol. The van der Waals surface area contributed by atoms with Crippen molar-refractivity contribution in [2.75, 3.05) is 0 Å². The molecule has 23 heavy (non-hydrogen) atoms. The van der Waals surface area contributed by atoms with Crippen LogP contribution >= 0.6 is 23.8 Å². The Hall–Kier alpha value is -2.13. The Morgan fingerprint density at radius 3 is 2.74 bits per heavy atom. The maximum absolute atomic E-state index is 12.6. The number of thiocarbonyl (C=S) groups is 1. The Balaban J connectivity index is 2.25. The summed E-state index contributed by atoms with van der Waals surface area (Å²) in [4.78, 5) is 3.57. The molecule has 0 spiro atoms. The van der Waals surface area contributed by atoms with Gasteiger partial charge in [0.1, 0.15) is 5.02 Å². The molecule has 0 saturated heterocycles. The summed E-state index contributed by atoms with van der Waals surface area (Å²) < 4.78 is 44.4. The zero-order valence-electron chi connectivity index (χ0n) is 11.7. The van der Waals surface area contributed by atoms with Crippen molar-refractivity contribution in [1.82, 2.24) is 20.1 Å². The Bertz CT molecular complexity index is 760. The van der Waals surface area contributed by atoms with Gasteiger partial charge >= 0.3 is 6.18 Å². The van der Waals surface area contributed by atoms with Crippen molar-refractivity contribution in [3.63, 3.8) is 0 Å². The molecule has 2 heterocycles. The molecule has 0 fully saturated rings. The molecule has 0 saturated carbocycles. The molecule has 0 aliphatic rings. The van der Waals surface area contributed by atoms with Gasteiger partial charge in [-0.05, 0) is 31.4 Å². The molecule has 122 valence electrons. The lowest BCUT2D eigenvalue weighted by molar-refractivity contribution is -0.137. The van der Waals surface area contributed by atoms with Crippen LogP contribution < -0.4 is 10.1 Å². The number of aromatic nitrogens is 3. The molecule has 0 radical (unpaired) electrons. The molecule has 0 amide bonds. The fourth-order valence-electron chi connectivity index (χ4n) is 1.60. The van der Waals surface area contributed by atoms with Crippen LogP contribution in [-0.4, -0.2) is 19.9 Å². The van der Waals surface area contributed by atoms with Gasteiger partial charge in [-0.25, -0.2) is 9.67 Å². The molecule has 0 atom stereocenters. The Kier molecular flexibility index (Phi) is 4.90. The minimum atomic E-state index is -4.53. The van der Waals surface area contributed by atoms with Crippen molar-refractivity contribution in [3.05, 3.63) is 47.4 Å². The van der Waals surface area contributed by atoms with Gasteiger partial charge in [-0.15, -0.1) is 5.10 Å². The highest BCUT2D eigenvalue weighted by molar-refractivity contribution is 7.80. The largest absolute Gasteiger partial charge is 0.417 e. The standard InChI is InChI=1S/C13H10ClF3N4OS/c1-3-18-12(23)21-7(2)4-10(20-21)22-11-9(14)5-8(6-19-11)13(15,16)17/h3-6H,1H2,2H3,(H,18,23). The lowest BCUT2D eigenvalue weighted by atomic mass is 10.3. The average molecular weight is 363 g/mol. The second kappa shape index (κ2) is 6.55. The van der Waals surface area contributed by atoms with Crippen molar-refractivity contribution in [1.29, 1.82) is 0 Å². The van der Waals surface area contributed by atoms with E-state index in [2.05, 4.69) is 22.0 Å². The van der Waals surface area contributed by atoms with Crippen LogP contribution in [0.3, 0.4) is 0 Å². The van der Waals surface area contributed by atoms with E-state index in [1.165, 1.54) is 16.9 Å². The van der Waals surface area contributed by atoms with Crippen LogP contribution in [0.2, 0.25) is 5.02 Å². The second-order valence-corrected chi connectivity index (χ2v) is 5.09. The summed E-state index contributed by atoms with van der Waals surface area (Å²) in [6, 6.07) is 2.27. The van der Waals surface area contributed by atoms with Crippen molar-refractivity contribution in [2.45, 2.75) is 13.1 Å². The summed E-state index contributed by atoms with van der Waals surface area (Å²) in [6.45, 7) is 5.20. The van der Waals surface area contributed by atoms with Gasteiger partial charge in [0.05, 0.1) is 5.56 Å². The Morgan fingerprint density at radius 2 is 2.17 bits per heavy atom. The van der Waals surface area contributed by atoms with Crippen molar-refractivity contribution in [2.24, 2.45) is 0 Å². The average Bonchev–Trinajstić information content (AvgIpc) is 2.81. The molecule has 2 aromatic heterocycles. The van der Waals surface area contributed by atoms with Crippen molar-refractivity contribution in [3.8, 4) is 11.8 Å². The van der Waals surface area contributed by atoms with E-state index < -0.39 is 11.7 Å². The second-order valence-electron chi connectivity index (χ2n) is 4.30. The van der Waals surface area contributed by atoms with Crippen LogP contribution in [0.25, 0.3) is 0 Å². The summed E-state index contributed by atoms with van der Waals surface area (Å²) >= 11 is 10.8. The first-order chi connectivity index (χ1) is 10.7. The first-order valence-corrected chi connectivity index (χ1v) is 6.90. The van der Waals surface area contributed by atoms with Gasteiger partial charge in [0, 0.05) is 18.0 Å². The topological polar surface area (TPSA) is 52.0 Å². The lowest BCUT2D eigenvalue weighted by Gasteiger charge is -2.08. The minimum absolute atomic E-state index is 0.0878. The zero-order valence-corrected chi connectivity index (χ0v) is 13.3. The van der Waals surface area contributed by atoms with Crippen LogP contribution in [0, 0.1) is 6.92 Å². The normalized spacial score (nSPS) is 11.2. The number of pyridine rings is 1. The quantitative estimate of drug-likeness (QED) is 0.839. The molecule has 1 N–H and O–H groups in total. The number of rotatable bonds is 3. The van der Waals surface area contributed by atoms with Crippen molar-refractivity contribution < 1.29 is 17.9 Å². The van der Waals surface area contributed by atoms with E-state index in [1.807, 2.05) is 0 Å². The zero-order chi connectivity index (χ0) is 17.2. The molecular formula is C13H10ClF3N4OS. The summed E-state index contributed by atoms with van der Waals surface area (Å²) in [5, 5.41) is 6.73. The molecule has 0 bridgehead atoms. The summed E-state index contributed by atoms with van der Waals surface area (Å²) in [5.41, 5.74) is -0.324. The highest BCUT2D eigenvalue weighted by atomic mass is 35.5. The SMILES string of the molecule is C=CNC(=S)n1nc(Oc2ncc(C(F)(F)F)cc2Cl)cc1C. The van der Waals surface area contributed by atoms with E-state index in [9.17, 15) is 13.2 Å². The third-order valence-electron chi connectivity index (χ3n) is 2.62.